The molecule has 0 spiro atoms. The molecule has 1 rings (SSSR count). The fraction of sp³-hybridized carbons (Fsp3) is 0.933. The van der Waals surface area contributed by atoms with Gasteiger partial charge in [-0.25, -0.2) is 0 Å². The van der Waals surface area contributed by atoms with Gasteiger partial charge < -0.3 is 9.84 Å². The molecule has 0 aromatic carbocycles. The topological polar surface area (TPSA) is 63.6 Å². The van der Waals surface area contributed by atoms with Crippen molar-refractivity contribution in [2.24, 2.45) is 17.3 Å². The Kier molecular flexibility index (Phi) is 16.6. The first kappa shape index (κ1) is 31.0. The van der Waals surface area contributed by atoms with Crippen LogP contribution < -0.4 is 0 Å². The van der Waals surface area contributed by atoms with Crippen LogP contribution in [0.3, 0.4) is 0 Å². The maximum Gasteiger partial charge on any atom is 0.312 e. The molecular weight excluding hydrogens is 424 g/mol. The van der Waals surface area contributed by atoms with Crippen molar-refractivity contribution in [3.63, 3.8) is 0 Å². The molecule has 0 aromatic rings. The van der Waals surface area contributed by atoms with E-state index in [-0.39, 0.29) is 12.1 Å². The number of unbranched alkanes of at least 4 members (excludes halogenated alkanes) is 11. The molecule has 0 heterocycles. The van der Waals surface area contributed by atoms with Crippen molar-refractivity contribution in [1.29, 1.82) is 0 Å². The second kappa shape index (κ2) is 18.2. The zero-order chi connectivity index (χ0) is 25.2. The molecule has 1 aliphatic rings. The van der Waals surface area contributed by atoms with Gasteiger partial charge in [-0.3, -0.25) is 9.59 Å². The Balaban J connectivity index is 2.50. The van der Waals surface area contributed by atoms with Crippen molar-refractivity contribution < 1.29 is 19.4 Å². The fourth-order valence-electron chi connectivity index (χ4n) is 5.48. The number of carboxylic acid groups (broad SMARTS) is 1. The number of aliphatic carboxylic acids is 1. The summed E-state index contributed by atoms with van der Waals surface area (Å²) in [5.41, 5.74) is -0.877. The minimum atomic E-state index is -0.877. The number of hydrogen-bond acceptors (Lipinski definition) is 3. The zero-order valence-corrected chi connectivity index (χ0v) is 23.0. The number of carbonyl (C=O) groups excluding carboxylic acids is 1. The van der Waals surface area contributed by atoms with Gasteiger partial charge in [-0.1, -0.05) is 111 Å². The van der Waals surface area contributed by atoms with Crippen molar-refractivity contribution in [2.45, 2.75) is 162 Å². The number of hydrogen-bond donors (Lipinski definition) is 1. The summed E-state index contributed by atoms with van der Waals surface area (Å²) in [4.78, 5) is 25.1. The molecule has 3 unspecified atom stereocenters. The normalized spacial score (nSPS) is 21.5. The number of esters is 1. The maximum absolute atomic E-state index is 13.2. The number of rotatable bonds is 20. The third-order valence-corrected chi connectivity index (χ3v) is 7.93. The minimum absolute atomic E-state index is 0.0599. The summed E-state index contributed by atoms with van der Waals surface area (Å²) in [6.45, 7) is 8.63. The summed E-state index contributed by atoms with van der Waals surface area (Å²) in [5.74, 6) is -0.961. The Morgan fingerprint density at radius 2 is 1.32 bits per heavy atom. The van der Waals surface area contributed by atoms with Gasteiger partial charge in [-0.2, -0.15) is 0 Å². The van der Waals surface area contributed by atoms with E-state index in [9.17, 15) is 14.7 Å². The molecule has 0 aromatic heterocycles. The van der Waals surface area contributed by atoms with Crippen molar-refractivity contribution in [3.05, 3.63) is 0 Å². The van der Waals surface area contributed by atoms with E-state index in [2.05, 4.69) is 20.8 Å². The van der Waals surface area contributed by atoms with Crippen molar-refractivity contribution in [2.75, 3.05) is 0 Å². The second-order valence-corrected chi connectivity index (χ2v) is 11.6. The van der Waals surface area contributed by atoms with E-state index >= 15 is 0 Å². The summed E-state index contributed by atoms with van der Waals surface area (Å²) in [6.07, 6.45) is 22.4. The van der Waals surface area contributed by atoms with E-state index in [1.165, 1.54) is 77.0 Å². The first-order valence-corrected chi connectivity index (χ1v) is 14.7. The van der Waals surface area contributed by atoms with Gasteiger partial charge in [0.1, 0.15) is 6.10 Å². The first-order valence-electron chi connectivity index (χ1n) is 14.7. The van der Waals surface area contributed by atoms with Crippen LogP contribution >= 0.6 is 0 Å². The molecule has 0 saturated heterocycles. The molecule has 1 fully saturated rings. The van der Waals surface area contributed by atoms with Crippen LogP contribution in [0.15, 0.2) is 0 Å². The van der Waals surface area contributed by atoms with Gasteiger partial charge in [-0.15, -0.1) is 0 Å². The van der Waals surface area contributed by atoms with Crippen LogP contribution in [0, 0.1) is 17.3 Å². The molecule has 0 aliphatic heterocycles. The van der Waals surface area contributed by atoms with Crippen molar-refractivity contribution in [3.8, 4) is 0 Å². The van der Waals surface area contributed by atoms with E-state index in [0.29, 0.717) is 12.8 Å². The Hall–Kier alpha value is -1.06. The molecule has 1 saturated carbocycles. The van der Waals surface area contributed by atoms with E-state index < -0.39 is 17.3 Å². The van der Waals surface area contributed by atoms with Crippen molar-refractivity contribution in [1.82, 2.24) is 0 Å². The fourth-order valence-corrected chi connectivity index (χ4v) is 5.48. The molecule has 0 radical (unpaired) electrons. The average Bonchev–Trinajstić information content (AvgIpc) is 2.79. The summed E-state index contributed by atoms with van der Waals surface area (Å²) >= 11 is 0. The SMILES string of the molecule is CCCCCCCCCCCC(CCCCCCC(C)C)OC(=O)C1(C)CCCCC1C(=O)O. The summed E-state index contributed by atoms with van der Waals surface area (Å²) in [7, 11) is 0. The third kappa shape index (κ3) is 12.6. The Labute approximate surface area is 211 Å². The Morgan fingerprint density at radius 1 is 0.824 bits per heavy atom. The molecule has 4 nitrogen and oxygen atoms in total. The van der Waals surface area contributed by atoms with Gasteiger partial charge in [0.05, 0.1) is 11.3 Å². The van der Waals surface area contributed by atoms with Gasteiger partial charge in [0.15, 0.2) is 0 Å². The summed E-state index contributed by atoms with van der Waals surface area (Å²) in [5, 5.41) is 9.70. The molecule has 3 atom stereocenters. The van der Waals surface area contributed by atoms with Crippen LogP contribution in [0.25, 0.3) is 0 Å². The van der Waals surface area contributed by atoms with Crippen LogP contribution in [0.1, 0.15) is 156 Å². The molecule has 34 heavy (non-hydrogen) atoms. The van der Waals surface area contributed by atoms with Gasteiger partial charge in [0.25, 0.3) is 0 Å². The van der Waals surface area contributed by atoms with Gasteiger partial charge in [-0.05, 0) is 51.4 Å². The lowest BCUT2D eigenvalue weighted by Gasteiger charge is -2.37. The molecule has 200 valence electrons. The number of ether oxygens (including phenoxy) is 1. The van der Waals surface area contributed by atoms with Crippen LogP contribution in [0.4, 0.5) is 0 Å². The molecular formula is C30H56O4. The highest BCUT2D eigenvalue weighted by Crippen LogP contribution is 2.42. The monoisotopic (exact) mass is 480 g/mol. The highest BCUT2D eigenvalue weighted by Gasteiger charge is 2.48. The van der Waals surface area contributed by atoms with Gasteiger partial charge in [0, 0.05) is 0 Å². The third-order valence-electron chi connectivity index (χ3n) is 7.93. The predicted molar refractivity (Wildman–Crippen MR) is 142 cm³/mol. The number of carboxylic acids is 1. The van der Waals surface area contributed by atoms with Crippen molar-refractivity contribution >= 4 is 11.9 Å². The largest absolute Gasteiger partial charge is 0.481 e. The van der Waals surface area contributed by atoms with Gasteiger partial charge >= 0.3 is 11.9 Å². The van der Waals surface area contributed by atoms with Gasteiger partial charge in [0.2, 0.25) is 0 Å². The van der Waals surface area contributed by atoms with E-state index in [1.54, 1.807) is 0 Å². The number of carbonyl (C=O) groups is 2. The molecule has 0 amide bonds. The summed E-state index contributed by atoms with van der Waals surface area (Å²) < 4.78 is 6.09. The zero-order valence-electron chi connectivity index (χ0n) is 23.0. The highest BCUT2D eigenvalue weighted by molar-refractivity contribution is 5.84. The minimum Gasteiger partial charge on any atom is -0.481 e. The maximum atomic E-state index is 13.2. The van der Waals surface area contributed by atoms with E-state index in [1.807, 2.05) is 6.92 Å². The van der Waals surface area contributed by atoms with Crippen LogP contribution in [0.2, 0.25) is 0 Å². The average molecular weight is 481 g/mol. The van der Waals surface area contributed by atoms with E-state index in [4.69, 9.17) is 4.74 Å². The standard InChI is InChI=1S/C30H56O4/c1-5-6-7-8-9-10-11-12-16-21-26(22-17-14-13-15-20-25(2)3)34-29(33)30(4)24-19-18-23-27(30)28(31)32/h25-27H,5-24H2,1-4H3,(H,31,32). The van der Waals surface area contributed by atoms with E-state index in [0.717, 1.165) is 44.4 Å². The summed E-state index contributed by atoms with van der Waals surface area (Å²) in [6, 6.07) is 0. The second-order valence-electron chi connectivity index (χ2n) is 11.6. The molecule has 4 heteroatoms. The lowest BCUT2D eigenvalue weighted by Crippen LogP contribution is -2.44. The molecule has 1 aliphatic carbocycles. The smallest absolute Gasteiger partial charge is 0.312 e. The highest BCUT2D eigenvalue weighted by atomic mass is 16.5. The van der Waals surface area contributed by atoms with Crippen LogP contribution in [-0.2, 0) is 14.3 Å². The first-order chi connectivity index (χ1) is 16.3. The Bertz CT molecular complexity index is 544. The lowest BCUT2D eigenvalue weighted by molar-refractivity contribution is -0.174. The predicted octanol–water partition coefficient (Wildman–Crippen LogP) is 9.10. The molecule has 1 N–H and O–H groups in total. The quantitative estimate of drug-likeness (QED) is 0.139. The molecule has 0 bridgehead atoms. The van der Waals surface area contributed by atoms with Crippen LogP contribution in [0.5, 0.6) is 0 Å². The van der Waals surface area contributed by atoms with Crippen LogP contribution in [-0.4, -0.2) is 23.1 Å². The lowest BCUT2D eigenvalue weighted by atomic mass is 9.67. The Morgan fingerprint density at radius 3 is 1.82 bits per heavy atom.